The summed E-state index contributed by atoms with van der Waals surface area (Å²) >= 11 is 0. The standard InChI is InChI=1S/C30H41F3O7/c1-15(2)24(16(3)4)39-26(37)40-30(25(36)38-14-31)17(5)10-19-20-12-22(32)21-11-18(34)8-9-27(21,6)29(20,33)23(35)13-28(19,30)7/h8-9,15-17,19-20,23-24,35H,10-14H2,1-7H3/t17-,19+,20+,23+,27+,28+,29+,30+/m1/s1. The Kier molecular flexibility index (Phi) is 7.78. The van der Waals surface area contributed by atoms with Gasteiger partial charge in [0.25, 0.3) is 0 Å². The smallest absolute Gasteiger partial charge is 0.431 e. The highest BCUT2D eigenvalue weighted by Gasteiger charge is 2.78. The fourth-order valence-corrected chi connectivity index (χ4v) is 8.66. The topological polar surface area (TPSA) is 99.1 Å². The number of alkyl halides is 2. The molecule has 0 unspecified atom stereocenters. The maximum Gasteiger partial charge on any atom is 0.509 e. The van der Waals surface area contributed by atoms with Gasteiger partial charge in [-0.05, 0) is 49.2 Å². The van der Waals surface area contributed by atoms with E-state index in [1.54, 1.807) is 13.8 Å². The normalized spacial score (nSPS) is 40.7. The van der Waals surface area contributed by atoms with Crippen LogP contribution in [-0.4, -0.2) is 53.4 Å². The third-order valence-corrected chi connectivity index (χ3v) is 10.5. The Morgan fingerprint density at radius 2 is 1.77 bits per heavy atom. The van der Waals surface area contributed by atoms with Gasteiger partial charge in [0.2, 0.25) is 12.5 Å². The van der Waals surface area contributed by atoms with Gasteiger partial charge >= 0.3 is 12.1 Å². The zero-order valence-electron chi connectivity index (χ0n) is 24.3. The molecule has 7 nitrogen and oxygen atoms in total. The predicted molar refractivity (Wildman–Crippen MR) is 139 cm³/mol. The molecule has 0 bridgehead atoms. The minimum absolute atomic E-state index is 0.0174. The lowest BCUT2D eigenvalue weighted by Crippen LogP contribution is -2.70. The second-order valence-corrected chi connectivity index (χ2v) is 13.2. The maximum atomic E-state index is 17.5. The summed E-state index contributed by atoms with van der Waals surface area (Å²) < 4.78 is 62.8. The molecule has 2 fully saturated rings. The third kappa shape index (κ3) is 4.06. The van der Waals surface area contributed by atoms with E-state index in [1.165, 1.54) is 19.1 Å². The Hall–Kier alpha value is -2.36. The van der Waals surface area contributed by atoms with E-state index in [0.717, 1.165) is 0 Å². The van der Waals surface area contributed by atoms with Crippen LogP contribution in [0.2, 0.25) is 0 Å². The summed E-state index contributed by atoms with van der Waals surface area (Å²) in [6, 6.07) is 0. The van der Waals surface area contributed by atoms with Crippen LogP contribution in [0.4, 0.5) is 18.0 Å². The van der Waals surface area contributed by atoms with Crippen LogP contribution in [0.3, 0.4) is 0 Å². The summed E-state index contributed by atoms with van der Waals surface area (Å²) in [4.78, 5) is 38.9. The van der Waals surface area contributed by atoms with Crippen LogP contribution in [0.15, 0.2) is 23.6 Å². The summed E-state index contributed by atoms with van der Waals surface area (Å²) in [5, 5.41) is 11.6. The fourth-order valence-electron chi connectivity index (χ4n) is 8.66. The van der Waals surface area contributed by atoms with Crippen LogP contribution >= 0.6 is 0 Å². The molecule has 4 aliphatic carbocycles. The Morgan fingerprint density at radius 3 is 2.35 bits per heavy atom. The number of fused-ring (bicyclic) bond motifs is 5. The van der Waals surface area contributed by atoms with Gasteiger partial charge in [-0.15, -0.1) is 0 Å². The van der Waals surface area contributed by atoms with Crippen molar-refractivity contribution in [3.05, 3.63) is 23.6 Å². The van der Waals surface area contributed by atoms with Crippen LogP contribution in [0.1, 0.15) is 74.1 Å². The first-order chi connectivity index (χ1) is 18.5. The molecule has 0 heterocycles. The molecule has 0 aromatic heterocycles. The average Bonchev–Trinajstić information content (AvgIpc) is 3.07. The van der Waals surface area contributed by atoms with E-state index in [9.17, 15) is 23.9 Å². The molecule has 4 aliphatic rings. The highest BCUT2D eigenvalue weighted by atomic mass is 19.1. The van der Waals surface area contributed by atoms with Crippen molar-refractivity contribution in [2.45, 2.75) is 97.6 Å². The fraction of sp³-hybridized carbons (Fsp3) is 0.767. The van der Waals surface area contributed by atoms with Gasteiger partial charge in [0, 0.05) is 35.5 Å². The number of carbonyl (C=O) groups is 3. The summed E-state index contributed by atoms with van der Waals surface area (Å²) in [5.41, 5.74) is -7.53. The summed E-state index contributed by atoms with van der Waals surface area (Å²) in [5.74, 6) is -4.97. The molecule has 0 aromatic rings. The van der Waals surface area contributed by atoms with Gasteiger partial charge in [-0.1, -0.05) is 47.6 Å². The Labute approximate surface area is 233 Å². The molecule has 2 saturated carbocycles. The van der Waals surface area contributed by atoms with E-state index in [4.69, 9.17) is 14.2 Å². The molecule has 0 aromatic carbocycles. The Morgan fingerprint density at radius 1 is 1.15 bits per heavy atom. The minimum Gasteiger partial charge on any atom is -0.431 e. The van der Waals surface area contributed by atoms with E-state index in [2.05, 4.69) is 0 Å². The predicted octanol–water partition coefficient (Wildman–Crippen LogP) is 5.94. The summed E-state index contributed by atoms with van der Waals surface area (Å²) in [6.07, 6.45) is -1.78. The quantitative estimate of drug-likeness (QED) is 0.395. The zero-order valence-corrected chi connectivity index (χ0v) is 24.3. The second kappa shape index (κ2) is 10.2. The van der Waals surface area contributed by atoms with Crippen molar-refractivity contribution < 1.29 is 46.9 Å². The van der Waals surface area contributed by atoms with Crippen molar-refractivity contribution in [2.75, 3.05) is 6.86 Å². The summed E-state index contributed by atoms with van der Waals surface area (Å²) in [6.45, 7) is 10.7. The van der Waals surface area contributed by atoms with Crippen molar-refractivity contribution in [2.24, 2.45) is 40.4 Å². The van der Waals surface area contributed by atoms with Crippen molar-refractivity contribution >= 4 is 17.9 Å². The van der Waals surface area contributed by atoms with Crippen molar-refractivity contribution in [3.63, 3.8) is 0 Å². The lowest BCUT2D eigenvalue weighted by atomic mass is 9.45. The number of halogens is 3. The number of aliphatic hydroxyl groups is 1. The van der Waals surface area contributed by atoms with E-state index in [1.807, 2.05) is 27.7 Å². The molecule has 224 valence electrons. The minimum atomic E-state index is -2.38. The van der Waals surface area contributed by atoms with E-state index in [-0.39, 0.29) is 42.5 Å². The average molecular weight is 571 g/mol. The number of hydrogen-bond acceptors (Lipinski definition) is 7. The van der Waals surface area contributed by atoms with E-state index >= 15 is 8.78 Å². The van der Waals surface area contributed by atoms with E-state index < -0.39 is 83.3 Å². The molecule has 1 N–H and O–H groups in total. The van der Waals surface area contributed by atoms with Gasteiger partial charge in [-0.25, -0.2) is 22.8 Å². The van der Waals surface area contributed by atoms with Gasteiger partial charge in [-0.2, -0.15) is 0 Å². The third-order valence-electron chi connectivity index (χ3n) is 10.5. The molecule has 40 heavy (non-hydrogen) atoms. The van der Waals surface area contributed by atoms with Gasteiger partial charge < -0.3 is 19.3 Å². The number of aliphatic hydroxyl groups excluding tert-OH is 1. The number of ether oxygens (including phenoxy) is 3. The molecular weight excluding hydrogens is 529 g/mol. The lowest BCUT2D eigenvalue weighted by molar-refractivity contribution is -0.231. The van der Waals surface area contributed by atoms with Crippen LogP contribution in [0, 0.1) is 40.4 Å². The van der Waals surface area contributed by atoms with Crippen molar-refractivity contribution in [1.82, 2.24) is 0 Å². The molecular formula is C30H41F3O7. The molecule has 0 amide bonds. The molecule has 4 rings (SSSR count). The van der Waals surface area contributed by atoms with E-state index in [0.29, 0.717) is 0 Å². The Balaban J connectivity index is 1.81. The second-order valence-electron chi connectivity index (χ2n) is 13.2. The molecule has 0 saturated heterocycles. The van der Waals surface area contributed by atoms with Crippen LogP contribution in [0.5, 0.6) is 0 Å². The molecule has 8 atom stereocenters. The monoisotopic (exact) mass is 570 g/mol. The number of ketones is 1. The largest absolute Gasteiger partial charge is 0.509 e. The molecule has 10 heteroatoms. The van der Waals surface area contributed by atoms with Crippen LogP contribution < -0.4 is 0 Å². The number of rotatable bonds is 6. The first-order valence-corrected chi connectivity index (χ1v) is 14.1. The van der Waals surface area contributed by atoms with Gasteiger partial charge in [0.15, 0.2) is 11.5 Å². The van der Waals surface area contributed by atoms with Crippen molar-refractivity contribution in [3.8, 4) is 0 Å². The highest BCUT2D eigenvalue weighted by Crippen LogP contribution is 2.71. The first kappa shape index (κ1) is 30.6. The van der Waals surface area contributed by atoms with Crippen LogP contribution in [-0.2, 0) is 23.8 Å². The number of allylic oxidation sites excluding steroid dienone is 4. The molecule has 0 spiro atoms. The van der Waals surface area contributed by atoms with Gasteiger partial charge in [0.05, 0.1) is 6.10 Å². The van der Waals surface area contributed by atoms with Crippen molar-refractivity contribution in [1.29, 1.82) is 0 Å². The number of hydrogen-bond donors (Lipinski definition) is 1. The van der Waals surface area contributed by atoms with Crippen LogP contribution in [0.25, 0.3) is 0 Å². The lowest BCUT2D eigenvalue weighted by Gasteiger charge is -2.62. The SMILES string of the molecule is CC(C)C(OC(=O)O[C@]1(C(=O)OCF)[C@H](C)C[C@H]2[C@@H]3CC(F)=C4CC(=O)C=C[C@]4(C)[C@@]3(F)[C@@H](O)C[C@@]21C)C(C)C. The highest BCUT2D eigenvalue weighted by molar-refractivity contribution is 5.93. The van der Waals surface area contributed by atoms with Gasteiger partial charge in [-0.3, -0.25) is 4.79 Å². The van der Waals surface area contributed by atoms with Gasteiger partial charge in [0.1, 0.15) is 11.9 Å². The Bertz CT molecular complexity index is 1130. The maximum absolute atomic E-state index is 17.5. The molecule has 0 radical (unpaired) electrons. The summed E-state index contributed by atoms with van der Waals surface area (Å²) in [7, 11) is 0. The number of esters is 1. The molecule has 0 aliphatic heterocycles. The number of carbonyl (C=O) groups excluding carboxylic acids is 3. The first-order valence-electron chi connectivity index (χ1n) is 14.1. The zero-order chi connectivity index (χ0) is 30.0.